The number of carbonyl (C=O) groups excluding carboxylic acids is 1. The molecule has 1 saturated heterocycles. The predicted molar refractivity (Wildman–Crippen MR) is 52.7 cm³/mol. The van der Waals surface area contributed by atoms with Gasteiger partial charge in [-0.05, 0) is 25.7 Å². The van der Waals surface area contributed by atoms with Gasteiger partial charge in [-0.25, -0.2) is 0 Å². The van der Waals surface area contributed by atoms with Crippen LogP contribution in [0.5, 0.6) is 0 Å². The molecule has 1 aliphatic carbocycles. The Morgan fingerprint density at radius 2 is 2.29 bits per heavy atom. The van der Waals surface area contributed by atoms with Crippen molar-refractivity contribution in [2.75, 3.05) is 6.61 Å². The van der Waals surface area contributed by atoms with Gasteiger partial charge >= 0.3 is 0 Å². The zero-order valence-electron chi connectivity index (χ0n) is 8.37. The summed E-state index contributed by atoms with van der Waals surface area (Å²) >= 11 is 0. The number of amides is 1. The van der Waals surface area contributed by atoms with Crippen LogP contribution in [0, 0.1) is 0 Å². The molecule has 0 radical (unpaired) electrons. The summed E-state index contributed by atoms with van der Waals surface area (Å²) in [5.74, 6) is 0.119. The van der Waals surface area contributed by atoms with Crippen LogP contribution >= 0.6 is 0 Å². The number of hydrogen-bond donors (Lipinski definition) is 2. The molecule has 2 aliphatic rings. The van der Waals surface area contributed by atoms with E-state index in [-0.39, 0.29) is 12.0 Å². The third-order valence-corrected chi connectivity index (χ3v) is 2.98. The summed E-state index contributed by atoms with van der Waals surface area (Å²) in [4.78, 5) is 11.5. The molecule has 1 saturated carbocycles. The summed E-state index contributed by atoms with van der Waals surface area (Å²) in [6.07, 6.45) is 4.65. The summed E-state index contributed by atoms with van der Waals surface area (Å²) in [5, 5.41) is 2.97. The molecule has 0 aromatic rings. The molecular formula is C10H18N2O2. The molecular weight excluding hydrogens is 180 g/mol. The SMILES string of the molecule is NC1CC(NC(=O)CC2CCCO2)C1. The van der Waals surface area contributed by atoms with E-state index in [1.165, 1.54) is 0 Å². The van der Waals surface area contributed by atoms with Gasteiger partial charge in [-0.2, -0.15) is 0 Å². The highest BCUT2D eigenvalue weighted by Gasteiger charge is 2.28. The zero-order chi connectivity index (χ0) is 9.97. The molecule has 1 atom stereocenters. The van der Waals surface area contributed by atoms with Crippen molar-refractivity contribution < 1.29 is 9.53 Å². The average Bonchev–Trinajstić information content (AvgIpc) is 2.54. The highest BCUT2D eigenvalue weighted by molar-refractivity contribution is 5.76. The van der Waals surface area contributed by atoms with Crippen molar-refractivity contribution in [1.29, 1.82) is 0 Å². The van der Waals surface area contributed by atoms with E-state index in [4.69, 9.17) is 10.5 Å². The van der Waals surface area contributed by atoms with Gasteiger partial charge < -0.3 is 15.8 Å². The van der Waals surface area contributed by atoms with Gasteiger partial charge in [0, 0.05) is 18.7 Å². The minimum atomic E-state index is 0.119. The van der Waals surface area contributed by atoms with E-state index < -0.39 is 0 Å². The standard InChI is InChI=1S/C10H18N2O2/c11-7-4-8(5-7)12-10(13)6-9-2-1-3-14-9/h7-9H,1-6,11H2,(H,12,13). The van der Waals surface area contributed by atoms with Crippen molar-refractivity contribution in [3.63, 3.8) is 0 Å². The first kappa shape index (κ1) is 9.93. The summed E-state index contributed by atoms with van der Waals surface area (Å²) in [6, 6.07) is 0.613. The lowest BCUT2D eigenvalue weighted by Crippen LogP contribution is -2.50. The van der Waals surface area contributed by atoms with Gasteiger partial charge in [0.25, 0.3) is 0 Å². The van der Waals surface area contributed by atoms with Crippen molar-refractivity contribution in [3.8, 4) is 0 Å². The monoisotopic (exact) mass is 198 g/mol. The molecule has 80 valence electrons. The van der Waals surface area contributed by atoms with E-state index >= 15 is 0 Å². The van der Waals surface area contributed by atoms with E-state index in [9.17, 15) is 4.79 Å². The van der Waals surface area contributed by atoms with E-state index in [0.717, 1.165) is 32.3 Å². The third-order valence-electron chi connectivity index (χ3n) is 2.98. The van der Waals surface area contributed by atoms with Crippen LogP contribution in [0.2, 0.25) is 0 Å². The number of nitrogens with two attached hydrogens (primary N) is 1. The molecule has 3 N–H and O–H groups in total. The van der Waals surface area contributed by atoms with Gasteiger partial charge in [0.05, 0.1) is 12.5 Å². The first-order valence-electron chi connectivity index (χ1n) is 5.40. The van der Waals surface area contributed by atoms with Crippen LogP contribution in [-0.4, -0.2) is 30.7 Å². The van der Waals surface area contributed by atoms with Crippen molar-refractivity contribution in [3.05, 3.63) is 0 Å². The lowest BCUT2D eigenvalue weighted by atomic mass is 9.87. The van der Waals surface area contributed by atoms with Gasteiger partial charge in [0.15, 0.2) is 0 Å². The lowest BCUT2D eigenvalue weighted by molar-refractivity contribution is -0.124. The molecule has 0 bridgehead atoms. The lowest BCUT2D eigenvalue weighted by Gasteiger charge is -2.33. The van der Waals surface area contributed by atoms with Crippen LogP contribution in [0.1, 0.15) is 32.1 Å². The van der Waals surface area contributed by atoms with Gasteiger partial charge in [0.1, 0.15) is 0 Å². The maximum absolute atomic E-state index is 11.5. The first-order chi connectivity index (χ1) is 6.74. The molecule has 1 heterocycles. The zero-order valence-corrected chi connectivity index (χ0v) is 8.37. The molecule has 4 nitrogen and oxygen atoms in total. The van der Waals surface area contributed by atoms with Crippen LogP contribution in [0.25, 0.3) is 0 Å². The number of nitrogens with one attached hydrogen (secondary N) is 1. The van der Waals surface area contributed by atoms with E-state index in [1.54, 1.807) is 0 Å². The van der Waals surface area contributed by atoms with E-state index in [0.29, 0.717) is 18.5 Å². The molecule has 2 rings (SSSR count). The Morgan fingerprint density at radius 1 is 1.50 bits per heavy atom. The van der Waals surface area contributed by atoms with Crippen molar-refractivity contribution in [2.24, 2.45) is 5.73 Å². The Morgan fingerprint density at radius 3 is 2.86 bits per heavy atom. The molecule has 14 heavy (non-hydrogen) atoms. The average molecular weight is 198 g/mol. The smallest absolute Gasteiger partial charge is 0.222 e. The number of carbonyl (C=O) groups is 1. The quantitative estimate of drug-likeness (QED) is 0.679. The summed E-state index contributed by atoms with van der Waals surface area (Å²) in [6.45, 7) is 0.812. The van der Waals surface area contributed by atoms with Gasteiger partial charge in [0.2, 0.25) is 5.91 Å². The van der Waals surface area contributed by atoms with E-state index in [1.807, 2.05) is 0 Å². The molecule has 1 unspecified atom stereocenters. The predicted octanol–water partition coefficient (Wildman–Crippen LogP) is 0.161. The molecule has 4 heteroatoms. The number of rotatable bonds is 3. The number of hydrogen-bond acceptors (Lipinski definition) is 3. The Labute approximate surface area is 84.2 Å². The topological polar surface area (TPSA) is 64.3 Å². The van der Waals surface area contributed by atoms with Crippen LogP contribution in [-0.2, 0) is 9.53 Å². The van der Waals surface area contributed by atoms with Crippen LogP contribution in [0.4, 0.5) is 0 Å². The molecule has 0 aromatic heterocycles. The second-order valence-corrected chi connectivity index (χ2v) is 4.34. The summed E-state index contributed by atoms with van der Waals surface area (Å²) in [5.41, 5.74) is 5.63. The Bertz CT molecular complexity index is 208. The van der Waals surface area contributed by atoms with Gasteiger partial charge in [-0.15, -0.1) is 0 Å². The van der Waals surface area contributed by atoms with Crippen molar-refractivity contribution in [2.45, 2.75) is 50.3 Å². The summed E-state index contributed by atoms with van der Waals surface area (Å²) < 4.78 is 5.39. The van der Waals surface area contributed by atoms with Gasteiger partial charge in [-0.3, -0.25) is 4.79 Å². The maximum Gasteiger partial charge on any atom is 0.222 e. The number of ether oxygens (including phenoxy) is 1. The van der Waals surface area contributed by atoms with Crippen LogP contribution in [0.3, 0.4) is 0 Å². The molecule has 2 fully saturated rings. The van der Waals surface area contributed by atoms with Crippen molar-refractivity contribution in [1.82, 2.24) is 5.32 Å². The minimum absolute atomic E-state index is 0.119. The normalized spacial score (nSPS) is 36.5. The maximum atomic E-state index is 11.5. The van der Waals surface area contributed by atoms with Gasteiger partial charge in [-0.1, -0.05) is 0 Å². The molecule has 0 aromatic carbocycles. The molecule has 1 amide bonds. The second-order valence-electron chi connectivity index (χ2n) is 4.34. The molecule has 1 aliphatic heterocycles. The fourth-order valence-corrected chi connectivity index (χ4v) is 2.08. The highest BCUT2D eigenvalue weighted by atomic mass is 16.5. The largest absolute Gasteiger partial charge is 0.378 e. The minimum Gasteiger partial charge on any atom is -0.378 e. The van der Waals surface area contributed by atoms with E-state index in [2.05, 4.69) is 5.32 Å². The molecule has 0 spiro atoms. The highest BCUT2D eigenvalue weighted by Crippen LogP contribution is 2.19. The Kier molecular flexibility index (Phi) is 3.03. The second kappa shape index (κ2) is 4.28. The fourth-order valence-electron chi connectivity index (χ4n) is 2.08. The fraction of sp³-hybridized carbons (Fsp3) is 0.900. The van der Waals surface area contributed by atoms with Crippen molar-refractivity contribution >= 4 is 5.91 Å². The summed E-state index contributed by atoms with van der Waals surface area (Å²) in [7, 11) is 0. The van der Waals surface area contributed by atoms with Crippen LogP contribution < -0.4 is 11.1 Å². The third kappa shape index (κ3) is 2.45. The Balaban J connectivity index is 1.63. The first-order valence-corrected chi connectivity index (χ1v) is 5.40. The Hall–Kier alpha value is -0.610. The van der Waals surface area contributed by atoms with Crippen LogP contribution in [0.15, 0.2) is 0 Å².